The van der Waals surface area contributed by atoms with Gasteiger partial charge >= 0.3 is 5.97 Å². The average Bonchev–Trinajstić information content (AvgIpc) is 3.25. The number of esters is 1. The van der Waals surface area contributed by atoms with E-state index in [0.717, 1.165) is 11.1 Å². The smallest absolute Gasteiger partial charge is 0.312 e. The van der Waals surface area contributed by atoms with E-state index in [2.05, 4.69) is 6.58 Å². The Morgan fingerprint density at radius 3 is 2.38 bits per heavy atom. The van der Waals surface area contributed by atoms with Crippen LogP contribution in [-0.4, -0.2) is 39.7 Å². The predicted molar refractivity (Wildman–Crippen MR) is 144 cm³/mol. The molecule has 0 radical (unpaired) electrons. The van der Waals surface area contributed by atoms with E-state index in [1.54, 1.807) is 30.3 Å². The molecule has 0 saturated heterocycles. The highest BCUT2D eigenvalue weighted by molar-refractivity contribution is 6.15. The SMILES string of the molecule is C=C(C)COc1ccccc1C1CC(=O)Oc2ccc3c(c21)O/C(=C\c1cc(OC)c(OC)cc1OC)C3=O. The van der Waals surface area contributed by atoms with Crippen LogP contribution in [-0.2, 0) is 4.79 Å². The Morgan fingerprint density at radius 1 is 0.949 bits per heavy atom. The molecule has 8 heteroatoms. The number of hydrogen-bond acceptors (Lipinski definition) is 8. The number of rotatable bonds is 8. The van der Waals surface area contributed by atoms with Crippen LogP contribution in [0.3, 0.4) is 0 Å². The number of para-hydroxylation sites is 1. The molecule has 8 nitrogen and oxygen atoms in total. The molecule has 3 aromatic rings. The van der Waals surface area contributed by atoms with Gasteiger partial charge in [-0.1, -0.05) is 24.8 Å². The van der Waals surface area contributed by atoms with Crippen LogP contribution >= 0.6 is 0 Å². The molecule has 0 amide bonds. The first-order chi connectivity index (χ1) is 18.8. The van der Waals surface area contributed by atoms with Crippen molar-refractivity contribution in [3.63, 3.8) is 0 Å². The molecule has 0 fully saturated rings. The number of Topliss-reactive ketones (excluding diaryl/α,β-unsaturated/α-hetero) is 1. The maximum atomic E-state index is 13.5. The molecule has 0 aromatic heterocycles. The number of fused-ring (bicyclic) bond motifs is 3. The molecule has 2 aliphatic rings. The molecule has 5 rings (SSSR count). The minimum absolute atomic E-state index is 0.0665. The Balaban J connectivity index is 1.60. The van der Waals surface area contributed by atoms with E-state index in [-0.39, 0.29) is 23.9 Å². The van der Waals surface area contributed by atoms with Crippen molar-refractivity contribution in [2.45, 2.75) is 19.3 Å². The highest BCUT2D eigenvalue weighted by atomic mass is 16.5. The van der Waals surface area contributed by atoms with Crippen LogP contribution in [0, 0.1) is 0 Å². The number of methoxy groups -OCH3 is 3. The zero-order valence-electron chi connectivity index (χ0n) is 22.2. The van der Waals surface area contributed by atoms with E-state index in [9.17, 15) is 9.59 Å². The highest BCUT2D eigenvalue weighted by Crippen LogP contribution is 2.50. The fraction of sp³-hybridized carbons (Fsp3) is 0.226. The van der Waals surface area contributed by atoms with Gasteiger partial charge in [0, 0.05) is 28.7 Å². The number of allylic oxidation sites excluding steroid dienone is 1. The van der Waals surface area contributed by atoms with Gasteiger partial charge in [-0.25, -0.2) is 0 Å². The number of carbonyl (C=O) groups excluding carboxylic acids is 2. The van der Waals surface area contributed by atoms with Crippen molar-refractivity contribution in [1.29, 1.82) is 0 Å². The van der Waals surface area contributed by atoms with Gasteiger partial charge in [-0.2, -0.15) is 0 Å². The second-order valence-corrected chi connectivity index (χ2v) is 9.26. The molecule has 0 N–H and O–H groups in total. The summed E-state index contributed by atoms with van der Waals surface area (Å²) in [5.41, 5.74) is 3.22. The zero-order chi connectivity index (χ0) is 27.7. The van der Waals surface area contributed by atoms with Crippen molar-refractivity contribution in [3.8, 4) is 34.5 Å². The molecule has 2 heterocycles. The maximum Gasteiger partial charge on any atom is 0.312 e. The zero-order valence-corrected chi connectivity index (χ0v) is 22.2. The molecule has 0 aliphatic carbocycles. The number of ketones is 1. The monoisotopic (exact) mass is 528 g/mol. The molecule has 1 atom stereocenters. The molecule has 3 aromatic carbocycles. The van der Waals surface area contributed by atoms with Crippen LogP contribution in [0.1, 0.15) is 46.3 Å². The van der Waals surface area contributed by atoms with Gasteiger partial charge in [0.05, 0.1) is 33.3 Å². The van der Waals surface area contributed by atoms with E-state index < -0.39 is 5.92 Å². The van der Waals surface area contributed by atoms with Gasteiger partial charge in [-0.15, -0.1) is 0 Å². The molecule has 2 aliphatic heterocycles. The average molecular weight is 529 g/mol. The summed E-state index contributed by atoms with van der Waals surface area (Å²) in [6.45, 7) is 6.12. The summed E-state index contributed by atoms with van der Waals surface area (Å²) in [6, 6.07) is 14.1. The Morgan fingerprint density at radius 2 is 1.67 bits per heavy atom. The van der Waals surface area contributed by atoms with E-state index >= 15 is 0 Å². The molecular weight excluding hydrogens is 500 g/mol. The Hall–Kier alpha value is -4.72. The van der Waals surface area contributed by atoms with Gasteiger partial charge < -0.3 is 28.4 Å². The van der Waals surface area contributed by atoms with Gasteiger partial charge in [0.25, 0.3) is 0 Å². The number of hydrogen-bond donors (Lipinski definition) is 0. The van der Waals surface area contributed by atoms with Crippen molar-refractivity contribution in [2.75, 3.05) is 27.9 Å². The third-order valence-corrected chi connectivity index (χ3v) is 6.57. The van der Waals surface area contributed by atoms with Crippen molar-refractivity contribution >= 4 is 17.8 Å². The number of ether oxygens (including phenoxy) is 6. The van der Waals surface area contributed by atoms with E-state index in [0.29, 0.717) is 57.8 Å². The number of carbonyl (C=O) groups is 2. The quantitative estimate of drug-likeness (QED) is 0.159. The number of benzene rings is 3. The van der Waals surface area contributed by atoms with Crippen molar-refractivity contribution in [2.24, 2.45) is 0 Å². The normalized spacial score (nSPS) is 16.6. The maximum absolute atomic E-state index is 13.5. The first-order valence-electron chi connectivity index (χ1n) is 12.3. The summed E-state index contributed by atoms with van der Waals surface area (Å²) in [5, 5.41) is 0. The molecule has 0 bridgehead atoms. The summed E-state index contributed by atoms with van der Waals surface area (Å²) in [4.78, 5) is 26.1. The van der Waals surface area contributed by atoms with Crippen LogP contribution < -0.4 is 28.4 Å². The first kappa shape index (κ1) is 25.9. The second-order valence-electron chi connectivity index (χ2n) is 9.26. The van der Waals surface area contributed by atoms with Crippen molar-refractivity contribution in [3.05, 3.63) is 88.7 Å². The lowest BCUT2D eigenvalue weighted by molar-refractivity contribution is -0.135. The van der Waals surface area contributed by atoms with Gasteiger partial charge in [0.1, 0.15) is 29.6 Å². The topological polar surface area (TPSA) is 89.5 Å². The molecular formula is C31H28O8. The second kappa shape index (κ2) is 10.6. The third-order valence-electron chi connectivity index (χ3n) is 6.57. The van der Waals surface area contributed by atoms with Crippen LogP contribution in [0.25, 0.3) is 6.08 Å². The lowest BCUT2D eigenvalue weighted by Gasteiger charge is -2.27. The first-order valence-corrected chi connectivity index (χ1v) is 12.3. The lowest BCUT2D eigenvalue weighted by Crippen LogP contribution is -2.22. The third kappa shape index (κ3) is 4.81. The van der Waals surface area contributed by atoms with Gasteiger partial charge in [-0.3, -0.25) is 9.59 Å². The van der Waals surface area contributed by atoms with Crippen molar-refractivity contribution in [1.82, 2.24) is 0 Å². The van der Waals surface area contributed by atoms with Crippen LogP contribution in [0.5, 0.6) is 34.5 Å². The van der Waals surface area contributed by atoms with Gasteiger partial charge in [0.15, 0.2) is 17.3 Å². The van der Waals surface area contributed by atoms with Gasteiger partial charge in [-0.05, 0) is 42.8 Å². The van der Waals surface area contributed by atoms with Gasteiger partial charge in [0.2, 0.25) is 5.78 Å². The molecule has 39 heavy (non-hydrogen) atoms. The minimum Gasteiger partial charge on any atom is -0.496 e. The van der Waals surface area contributed by atoms with Crippen molar-refractivity contribution < 1.29 is 38.0 Å². The minimum atomic E-state index is -0.444. The van der Waals surface area contributed by atoms with Crippen LogP contribution in [0.2, 0.25) is 0 Å². The predicted octanol–water partition coefficient (Wildman–Crippen LogP) is 5.72. The van der Waals surface area contributed by atoms with E-state index in [1.165, 1.54) is 21.3 Å². The van der Waals surface area contributed by atoms with E-state index in [4.69, 9.17) is 28.4 Å². The molecule has 0 saturated carbocycles. The summed E-state index contributed by atoms with van der Waals surface area (Å²) in [7, 11) is 4.59. The largest absolute Gasteiger partial charge is 0.496 e. The Labute approximate surface area is 226 Å². The fourth-order valence-electron chi connectivity index (χ4n) is 4.78. The van der Waals surface area contributed by atoms with Crippen LogP contribution in [0.4, 0.5) is 0 Å². The molecule has 0 spiro atoms. The summed E-state index contributed by atoms with van der Waals surface area (Å²) >= 11 is 0. The highest BCUT2D eigenvalue weighted by Gasteiger charge is 2.39. The Bertz CT molecular complexity index is 1520. The molecule has 200 valence electrons. The van der Waals surface area contributed by atoms with Crippen LogP contribution in [0.15, 0.2) is 66.4 Å². The lowest BCUT2D eigenvalue weighted by atomic mass is 9.84. The fourth-order valence-corrected chi connectivity index (χ4v) is 4.78. The summed E-state index contributed by atoms with van der Waals surface area (Å²) in [5.74, 6) is 1.76. The molecule has 1 unspecified atom stereocenters. The summed E-state index contributed by atoms with van der Waals surface area (Å²) in [6.07, 6.45) is 1.67. The standard InChI is InChI=1S/C31H28O8/c1-17(2)16-37-22-9-7-6-8-19(22)21-14-28(32)38-23-11-10-20-30(33)27(39-31(20)29(21)23)13-18-12-25(35-4)26(36-5)15-24(18)34-3/h6-13,15,21H,1,14,16H2,2-5H3/b27-13-. The Kier molecular flexibility index (Phi) is 7.02. The van der Waals surface area contributed by atoms with E-state index in [1.807, 2.05) is 31.2 Å². The summed E-state index contributed by atoms with van der Waals surface area (Å²) < 4.78 is 34.1.